The number of halogens is 1. The first-order valence-corrected chi connectivity index (χ1v) is 8.98. The number of aromatic nitrogens is 2. The number of imidazole rings is 1. The predicted octanol–water partition coefficient (Wildman–Crippen LogP) is 4.34. The molecule has 1 aliphatic heterocycles. The normalized spacial score (nSPS) is 17.8. The lowest BCUT2D eigenvalue weighted by molar-refractivity contribution is -0.117. The van der Waals surface area contributed by atoms with Gasteiger partial charge in [0.1, 0.15) is 5.82 Å². The van der Waals surface area contributed by atoms with Gasteiger partial charge in [0.2, 0.25) is 5.91 Å². The maximum atomic E-state index is 12.6. The standard InChI is InChI=1S/C19H18BrN3O/c1-2-22-17-10-6-4-8-15(17)21-19(22)13-11-18(24)23(12-13)16-9-5-3-7-14(16)20/h3-10,13H,2,11-12H2,1H3/t13-/m1/s1. The molecule has 0 bridgehead atoms. The summed E-state index contributed by atoms with van der Waals surface area (Å²) >= 11 is 3.55. The van der Waals surface area contributed by atoms with Crippen LogP contribution in [-0.4, -0.2) is 22.0 Å². The number of benzene rings is 2. The number of hydrogen-bond acceptors (Lipinski definition) is 2. The zero-order valence-electron chi connectivity index (χ0n) is 13.4. The fourth-order valence-corrected chi connectivity index (χ4v) is 4.02. The number of carbonyl (C=O) groups is 1. The number of hydrogen-bond donors (Lipinski definition) is 0. The van der Waals surface area contributed by atoms with Crippen molar-refractivity contribution in [2.75, 3.05) is 11.4 Å². The number of carbonyl (C=O) groups excluding carboxylic acids is 1. The third-order valence-corrected chi connectivity index (χ3v) is 5.30. The van der Waals surface area contributed by atoms with E-state index in [-0.39, 0.29) is 11.8 Å². The summed E-state index contributed by atoms with van der Waals surface area (Å²) in [6.07, 6.45) is 0.505. The van der Waals surface area contributed by atoms with Crippen molar-refractivity contribution in [3.63, 3.8) is 0 Å². The molecule has 2 heterocycles. The fourth-order valence-electron chi connectivity index (χ4n) is 3.52. The van der Waals surface area contributed by atoms with E-state index in [0.29, 0.717) is 13.0 Å². The van der Waals surface area contributed by atoms with Crippen LogP contribution in [0.3, 0.4) is 0 Å². The minimum Gasteiger partial charge on any atom is -0.328 e. The Morgan fingerprint density at radius 2 is 1.92 bits per heavy atom. The summed E-state index contributed by atoms with van der Waals surface area (Å²) in [7, 11) is 0. The van der Waals surface area contributed by atoms with Gasteiger partial charge in [-0.25, -0.2) is 4.98 Å². The van der Waals surface area contributed by atoms with Gasteiger partial charge >= 0.3 is 0 Å². The van der Waals surface area contributed by atoms with Gasteiger partial charge in [0, 0.05) is 29.9 Å². The number of nitrogens with zero attached hydrogens (tertiary/aromatic N) is 3. The summed E-state index contributed by atoms with van der Waals surface area (Å²) in [4.78, 5) is 19.3. The average molecular weight is 384 g/mol. The molecule has 1 amide bonds. The molecule has 0 radical (unpaired) electrons. The minimum absolute atomic E-state index is 0.122. The van der Waals surface area contributed by atoms with Gasteiger partial charge in [-0.3, -0.25) is 4.79 Å². The number of anilines is 1. The molecular weight excluding hydrogens is 366 g/mol. The van der Waals surface area contributed by atoms with Gasteiger partial charge in [-0.15, -0.1) is 0 Å². The topological polar surface area (TPSA) is 38.1 Å². The molecule has 24 heavy (non-hydrogen) atoms. The van der Waals surface area contributed by atoms with Gasteiger partial charge in [-0.2, -0.15) is 0 Å². The lowest BCUT2D eigenvalue weighted by Crippen LogP contribution is -2.24. The van der Waals surface area contributed by atoms with Gasteiger partial charge in [0.05, 0.1) is 16.7 Å². The first kappa shape index (κ1) is 15.4. The molecule has 0 saturated carbocycles. The molecule has 0 unspecified atom stereocenters. The summed E-state index contributed by atoms with van der Waals surface area (Å²) in [5.74, 6) is 1.29. The van der Waals surface area contributed by atoms with Crippen LogP contribution >= 0.6 is 15.9 Å². The smallest absolute Gasteiger partial charge is 0.227 e. The SMILES string of the molecule is CCn1c([C@@H]2CC(=O)N(c3ccccc3Br)C2)nc2ccccc21. The zero-order chi connectivity index (χ0) is 16.7. The van der Waals surface area contributed by atoms with Crippen LogP contribution in [-0.2, 0) is 11.3 Å². The molecule has 0 N–H and O–H groups in total. The molecular formula is C19H18BrN3O. The number of rotatable bonds is 3. The Morgan fingerprint density at radius 3 is 2.71 bits per heavy atom. The third kappa shape index (κ3) is 2.44. The quantitative estimate of drug-likeness (QED) is 0.674. The van der Waals surface area contributed by atoms with Crippen molar-refractivity contribution in [1.82, 2.24) is 9.55 Å². The van der Waals surface area contributed by atoms with Crippen LogP contribution in [0.15, 0.2) is 53.0 Å². The first-order chi connectivity index (χ1) is 11.7. The summed E-state index contributed by atoms with van der Waals surface area (Å²) < 4.78 is 3.18. The van der Waals surface area contributed by atoms with Crippen LogP contribution in [0.1, 0.15) is 25.1 Å². The second-order valence-electron chi connectivity index (χ2n) is 6.06. The van der Waals surface area contributed by atoms with Crippen LogP contribution in [0.4, 0.5) is 5.69 Å². The maximum absolute atomic E-state index is 12.6. The number of aryl methyl sites for hydroxylation is 1. The Hall–Kier alpha value is -2.14. The second kappa shape index (κ2) is 6.06. The Labute approximate surface area is 149 Å². The highest BCUT2D eigenvalue weighted by Gasteiger charge is 2.35. The van der Waals surface area contributed by atoms with Gasteiger partial charge in [-0.05, 0) is 47.1 Å². The molecule has 1 saturated heterocycles. The first-order valence-electron chi connectivity index (χ1n) is 8.19. The fraction of sp³-hybridized carbons (Fsp3) is 0.263. The van der Waals surface area contributed by atoms with E-state index in [4.69, 9.17) is 4.98 Å². The molecule has 1 fully saturated rings. The van der Waals surface area contributed by atoms with Crippen molar-refractivity contribution in [1.29, 1.82) is 0 Å². The number of amides is 1. The van der Waals surface area contributed by atoms with Crippen LogP contribution in [0, 0.1) is 0 Å². The number of fused-ring (bicyclic) bond motifs is 1. The van der Waals surface area contributed by atoms with Crippen LogP contribution in [0.5, 0.6) is 0 Å². The Kier molecular flexibility index (Phi) is 3.88. The summed E-state index contributed by atoms with van der Waals surface area (Å²) in [6.45, 7) is 3.65. The average Bonchev–Trinajstić information content (AvgIpc) is 3.15. The van der Waals surface area contributed by atoms with Crippen molar-refractivity contribution in [2.45, 2.75) is 25.8 Å². The van der Waals surface area contributed by atoms with E-state index >= 15 is 0 Å². The van der Waals surface area contributed by atoms with Gasteiger partial charge in [-0.1, -0.05) is 24.3 Å². The van der Waals surface area contributed by atoms with E-state index in [1.807, 2.05) is 47.4 Å². The van der Waals surface area contributed by atoms with E-state index in [0.717, 1.165) is 33.6 Å². The van der Waals surface area contributed by atoms with E-state index in [2.05, 4.69) is 33.5 Å². The molecule has 4 nitrogen and oxygen atoms in total. The van der Waals surface area contributed by atoms with Gasteiger partial charge in [0.15, 0.2) is 0 Å². The highest BCUT2D eigenvalue weighted by molar-refractivity contribution is 9.10. The van der Waals surface area contributed by atoms with E-state index < -0.39 is 0 Å². The Balaban J connectivity index is 1.72. The minimum atomic E-state index is 0.122. The summed E-state index contributed by atoms with van der Waals surface area (Å²) in [6, 6.07) is 16.0. The second-order valence-corrected chi connectivity index (χ2v) is 6.91. The summed E-state index contributed by atoms with van der Waals surface area (Å²) in [5.41, 5.74) is 3.08. The lowest BCUT2D eigenvalue weighted by Gasteiger charge is -2.18. The monoisotopic (exact) mass is 383 g/mol. The van der Waals surface area contributed by atoms with E-state index in [9.17, 15) is 4.79 Å². The van der Waals surface area contributed by atoms with Crippen LogP contribution in [0.2, 0.25) is 0 Å². The molecule has 3 aromatic rings. The summed E-state index contributed by atoms with van der Waals surface area (Å²) in [5, 5.41) is 0. The van der Waals surface area contributed by atoms with Gasteiger partial charge < -0.3 is 9.47 Å². The van der Waals surface area contributed by atoms with E-state index in [1.165, 1.54) is 0 Å². The highest BCUT2D eigenvalue weighted by Crippen LogP contribution is 2.35. The molecule has 0 spiro atoms. The van der Waals surface area contributed by atoms with Crippen molar-refractivity contribution < 1.29 is 4.79 Å². The largest absolute Gasteiger partial charge is 0.328 e. The maximum Gasteiger partial charge on any atom is 0.227 e. The molecule has 1 aromatic heterocycles. The zero-order valence-corrected chi connectivity index (χ0v) is 15.0. The molecule has 5 heteroatoms. The molecule has 122 valence electrons. The Bertz CT molecular complexity index is 918. The predicted molar refractivity (Wildman–Crippen MR) is 99.3 cm³/mol. The molecule has 4 rings (SSSR count). The van der Waals surface area contributed by atoms with Crippen LogP contribution in [0.25, 0.3) is 11.0 Å². The molecule has 0 aliphatic carbocycles. The number of para-hydroxylation sites is 3. The molecule has 2 aromatic carbocycles. The van der Waals surface area contributed by atoms with E-state index in [1.54, 1.807) is 0 Å². The Morgan fingerprint density at radius 1 is 1.17 bits per heavy atom. The van der Waals surface area contributed by atoms with Gasteiger partial charge in [0.25, 0.3) is 0 Å². The van der Waals surface area contributed by atoms with Crippen molar-refractivity contribution >= 4 is 38.6 Å². The van der Waals surface area contributed by atoms with Crippen molar-refractivity contribution in [3.8, 4) is 0 Å². The molecule has 1 aliphatic rings. The molecule has 1 atom stereocenters. The van der Waals surface area contributed by atoms with Crippen molar-refractivity contribution in [2.24, 2.45) is 0 Å². The highest BCUT2D eigenvalue weighted by atomic mass is 79.9. The van der Waals surface area contributed by atoms with Crippen LogP contribution < -0.4 is 4.90 Å². The third-order valence-electron chi connectivity index (χ3n) is 4.63. The van der Waals surface area contributed by atoms with Crippen molar-refractivity contribution in [3.05, 3.63) is 58.8 Å². The lowest BCUT2D eigenvalue weighted by atomic mass is 10.1.